The summed E-state index contributed by atoms with van der Waals surface area (Å²) in [7, 11) is 0. The first kappa shape index (κ1) is 15.0. The number of benzene rings is 1. The number of hydrogen-bond donors (Lipinski definition) is 1. The first-order valence-corrected chi connectivity index (χ1v) is 6.89. The lowest BCUT2D eigenvalue weighted by atomic mass is 10.0. The van der Waals surface area contributed by atoms with Crippen molar-refractivity contribution < 1.29 is 4.74 Å². The molecule has 1 aromatic carbocycles. The summed E-state index contributed by atoms with van der Waals surface area (Å²) in [6, 6.07) is 8.35. The van der Waals surface area contributed by atoms with Gasteiger partial charge in [0.2, 0.25) is 0 Å². The van der Waals surface area contributed by atoms with E-state index in [4.69, 9.17) is 4.74 Å². The zero-order valence-corrected chi connectivity index (χ0v) is 12.4. The van der Waals surface area contributed by atoms with Crippen molar-refractivity contribution in [2.45, 2.75) is 53.1 Å². The predicted molar refractivity (Wildman–Crippen MR) is 78.0 cm³/mol. The summed E-state index contributed by atoms with van der Waals surface area (Å²) in [4.78, 5) is 0. The van der Waals surface area contributed by atoms with Gasteiger partial charge in [0.15, 0.2) is 0 Å². The predicted octanol–water partition coefficient (Wildman–Crippen LogP) is 4.00. The van der Waals surface area contributed by atoms with Crippen LogP contribution < -0.4 is 10.1 Å². The lowest BCUT2D eigenvalue weighted by Gasteiger charge is -2.24. The molecule has 0 atom stereocenters. The van der Waals surface area contributed by atoms with Crippen molar-refractivity contribution in [1.82, 2.24) is 5.32 Å². The van der Waals surface area contributed by atoms with Crippen LogP contribution in [-0.2, 0) is 6.54 Å². The van der Waals surface area contributed by atoms with Crippen LogP contribution in [0, 0.1) is 5.92 Å². The van der Waals surface area contributed by atoms with Gasteiger partial charge < -0.3 is 10.1 Å². The standard InChI is InChI=1S/C16H27NO/c1-6-16(4,5)17-11-14-8-7-9-15(10-14)18-12-13(2)3/h7-10,13,17H,6,11-12H2,1-5H3. The van der Waals surface area contributed by atoms with Crippen molar-refractivity contribution >= 4 is 0 Å². The van der Waals surface area contributed by atoms with Crippen LogP contribution in [0.1, 0.15) is 46.6 Å². The van der Waals surface area contributed by atoms with Gasteiger partial charge in [0.25, 0.3) is 0 Å². The molecule has 2 nitrogen and oxygen atoms in total. The van der Waals surface area contributed by atoms with Crippen LogP contribution >= 0.6 is 0 Å². The van der Waals surface area contributed by atoms with Crippen LogP contribution in [0.2, 0.25) is 0 Å². The summed E-state index contributed by atoms with van der Waals surface area (Å²) >= 11 is 0. The average Bonchev–Trinajstić information content (AvgIpc) is 2.35. The maximum atomic E-state index is 5.74. The van der Waals surface area contributed by atoms with E-state index in [1.165, 1.54) is 5.56 Å². The minimum absolute atomic E-state index is 0.189. The minimum atomic E-state index is 0.189. The Morgan fingerprint density at radius 3 is 2.61 bits per heavy atom. The number of ether oxygens (including phenoxy) is 1. The maximum Gasteiger partial charge on any atom is 0.119 e. The normalized spacial score (nSPS) is 11.9. The Morgan fingerprint density at radius 2 is 2.00 bits per heavy atom. The molecule has 0 fully saturated rings. The van der Waals surface area contributed by atoms with Crippen molar-refractivity contribution in [1.29, 1.82) is 0 Å². The van der Waals surface area contributed by atoms with Crippen LogP contribution in [0.5, 0.6) is 5.75 Å². The topological polar surface area (TPSA) is 21.3 Å². The third-order valence-corrected chi connectivity index (χ3v) is 3.14. The van der Waals surface area contributed by atoms with E-state index in [0.717, 1.165) is 25.3 Å². The Kier molecular flexibility index (Phi) is 5.67. The zero-order valence-electron chi connectivity index (χ0n) is 12.4. The minimum Gasteiger partial charge on any atom is -0.493 e. The SMILES string of the molecule is CCC(C)(C)NCc1cccc(OCC(C)C)c1. The molecule has 0 aliphatic heterocycles. The Bertz CT molecular complexity index is 358. The first-order chi connectivity index (χ1) is 8.43. The van der Waals surface area contributed by atoms with Crippen LogP contribution in [-0.4, -0.2) is 12.1 Å². The Hall–Kier alpha value is -1.02. The van der Waals surface area contributed by atoms with Gasteiger partial charge in [-0.05, 0) is 43.9 Å². The monoisotopic (exact) mass is 249 g/mol. The van der Waals surface area contributed by atoms with Gasteiger partial charge >= 0.3 is 0 Å². The van der Waals surface area contributed by atoms with Crippen molar-refractivity contribution in [3.05, 3.63) is 29.8 Å². The lowest BCUT2D eigenvalue weighted by molar-refractivity contribution is 0.270. The molecule has 0 saturated heterocycles. The summed E-state index contributed by atoms with van der Waals surface area (Å²) in [5.41, 5.74) is 1.47. The smallest absolute Gasteiger partial charge is 0.119 e. The summed E-state index contributed by atoms with van der Waals surface area (Å²) in [5.74, 6) is 1.53. The Labute approximate surface area is 112 Å². The number of rotatable bonds is 7. The molecule has 102 valence electrons. The van der Waals surface area contributed by atoms with E-state index >= 15 is 0 Å². The molecule has 0 amide bonds. The molecule has 0 aliphatic rings. The third-order valence-electron chi connectivity index (χ3n) is 3.14. The molecule has 1 aromatic rings. The van der Waals surface area contributed by atoms with Gasteiger partial charge in [0, 0.05) is 12.1 Å². The van der Waals surface area contributed by atoms with Crippen molar-refractivity contribution in [2.75, 3.05) is 6.61 Å². The fourth-order valence-corrected chi connectivity index (χ4v) is 1.47. The molecule has 0 aromatic heterocycles. The van der Waals surface area contributed by atoms with E-state index < -0.39 is 0 Å². The highest BCUT2D eigenvalue weighted by atomic mass is 16.5. The second-order valence-corrected chi connectivity index (χ2v) is 5.94. The zero-order chi connectivity index (χ0) is 13.6. The molecule has 0 bridgehead atoms. The van der Waals surface area contributed by atoms with E-state index in [-0.39, 0.29) is 5.54 Å². The highest BCUT2D eigenvalue weighted by Crippen LogP contribution is 2.15. The molecule has 2 heteroatoms. The van der Waals surface area contributed by atoms with Gasteiger partial charge in [-0.15, -0.1) is 0 Å². The van der Waals surface area contributed by atoms with Crippen LogP contribution in [0.4, 0.5) is 0 Å². The van der Waals surface area contributed by atoms with Crippen molar-refractivity contribution in [3.8, 4) is 5.75 Å². The third kappa shape index (κ3) is 5.54. The molecule has 0 heterocycles. The van der Waals surface area contributed by atoms with Crippen LogP contribution in [0.15, 0.2) is 24.3 Å². The Morgan fingerprint density at radius 1 is 1.28 bits per heavy atom. The molecule has 0 spiro atoms. The highest BCUT2D eigenvalue weighted by molar-refractivity contribution is 5.28. The van der Waals surface area contributed by atoms with E-state index in [2.05, 4.69) is 58.1 Å². The number of hydrogen-bond acceptors (Lipinski definition) is 2. The van der Waals surface area contributed by atoms with E-state index in [1.807, 2.05) is 6.07 Å². The molecular formula is C16H27NO. The molecule has 0 aliphatic carbocycles. The van der Waals surface area contributed by atoms with Gasteiger partial charge in [-0.25, -0.2) is 0 Å². The fourth-order valence-electron chi connectivity index (χ4n) is 1.47. The quantitative estimate of drug-likeness (QED) is 0.788. The molecular weight excluding hydrogens is 222 g/mol. The lowest BCUT2D eigenvalue weighted by Crippen LogP contribution is -2.37. The summed E-state index contributed by atoms with van der Waals surface area (Å²) in [6.45, 7) is 12.6. The maximum absolute atomic E-state index is 5.74. The number of nitrogens with one attached hydrogen (secondary N) is 1. The summed E-state index contributed by atoms with van der Waals surface area (Å²) < 4.78 is 5.74. The van der Waals surface area contributed by atoms with Crippen LogP contribution in [0.3, 0.4) is 0 Å². The van der Waals surface area contributed by atoms with E-state index in [0.29, 0.717) is 5.92 Å². The van der Waals surface area contributed by atoms with Gasteiger partial charge in [-0.3, -0.25) is 0 Å². The van der Waals surface area contributed by atoms with Gasteiger partial charge in [0.1, 0.15) is 5.75 Å². The molecule has 18 heavy (non-hydrogen) atoms. The first-order valence-electron chi connectivity index (χ1n) is 6.89. The van der Waals surface area contributed by atoms with Crippen molar-refractivity contribution in [3.63, 3.8) is 0 Å². The summed E-state index contributed by atoms with van der Waals surface area (Å²) in [5, 5.41) is 3.56. The van der Waals surface area contributed by atoms with E-state index in [9.17, 15) is 0 Å². The molecule has 0 radical (unpaired) electrons. The molecule has 0 unspecified atom stereocenters. The Balaban J connectivity index is 2.54. The average molecular weight is 249 g/mol. The van der Waals surface area contributed by atoms with Crippen LogP contribution in [0.25, 0.3) is 0 Å². The van der Waals surface area contributed by atoms with E-state index in [1.54, 1.807) is 0 Å². The second kappa shape index (κ2) is 6.79. The van der Waals surface area contributed by atoms with Crippen molar-refractivity contribution in [2.24, 2.45) is 5.92 Å². The second-order valence-electron chi connectivity index (χ2n) is 5.94. The summed E-state index contributed by atoms with van der Waals surface area (Å²) in [6.07, 6.45) is 1.12. The highest BCUT2D eigenvalue weighted by Gasteiger charge is 2.13. The largest absolute Gasteiger partial charge is 0.493 e. The van der Waals surface area contributed by atoms with Gasteiger partial charge in [-0.2, -0.15) is 0 Å². The molecule has 1 N–H and O–H groups in total. The van der Waals surface area contributed by atoms with Gasteiger partial charge in [0.05, 0.1) is 6.61 Å². The van der Waals surface area contributed by atoms with Gasteiger partial charge in [-0.1, -0.05) is 32.9 Å². The molecule has 1 rings (SSSR count). The molecule has 0 saturated carbocycles. The fraction of sp³-hybridized carbons (Fsp3) is 0.625.